The molecule has 0 amide bonds. The molecule has 0 bridgehead atoms. The number of rotatable bonds is 3. The molecule has 1 heterocycles. The molecule has 0 atom stereocenters. The van der Waals surface area contributed by atoms with Crippen molar-refractivity contribution >= 4 is 23.0 Å². The molecule has 2 rings (SSSR count). The fourth-order valence-corrected chi connectivity index (χ4v) is 1.58. The molecule has 96 valence electrons. The zero-order valence-electron chi connectivity index (χ0n) is 9.65. The third-order valence-electron chi connectivity index (χ3n) is 2.37. The van der Waals surface area contributed by atoms with Crippen molar-refractivity contribution < 1.29 is 9.13 Å². The molecule has 0 aliphatic carbocycles. The third kappa shape index (κ3) is 2.19. The number of ether oxygens (including phenoxy) is 1. The van der Waals surface area contributed by atoms with Crippen molar-refractivity contribution in [1.82, 2.24) is 9.78 Å². The summed E-state index contributed by atoms with van der Waals surface area (Å²) in [5.41, 5.74) is 11.3. The van der Waals surface area contributed by atoms with Crippen molar-refractivity contribution in [2.75, 3.05) is 11.5 Å². The topological polar surface area (TPSA) is 79.1 Å². The Morgan fingerprint density at radius 2 is 2.17 bits per heavy atom. The fraction of sp³-hybridized carbons (Fsp3) is 0.182. The number of benzene rings is 1. The minimum atomic E-state index is -0.779. The molecular weight excluding hydrogens is 259 g/mol. The Labute approximate surface area is 108 Å². The zero-order valence-corrected chi connectivity index (χ0v) is 10.4. The first-order chi connectivity index (χ1) is 8.52. The lowest BCUT2D eigenvalue weighted by Gasteiger charge is -2.10. The second-order valence-corrected chi connectivity index (χ2v) is 4.02. The molecule has 4 N–H and O–H groups in total. The highest BCUT2D eigenvalue weighted by atomic mass is 35.5. The van der Waals surface area contributed by atoms with Crippen LogP contribution >= 0.6 is 11.6 Å². The van der Waals surface area contributed by atoms with E-state index in [4.69, 9.17) is 27.8 Å². The standard InChI is InChI=1S/C11H12ClFN4O/c1-2-17-5-6(4-16-17)18-11-8(15)3-7(14)9(12)10(11)13/h3-5H,2,14-15H2,1H3. The van der Waals surface area contributed by atoms with E-state index >= 15 is 0 Å². The summed E-state index contributed by atoms with van der Waals surface area (Å²) in [6, 6.07) is 1.35. The van der Waals surface area contributed by atoms with Crippen LogP contribution < -0.4 is 16.2 Å². The molecule has 0 fully saturated rings. The van der Waals surface area contributed by atoms with E-state index in [1.165, 1.54) is 12.3 Å². The van der Waals surface area contributed by atoms with Gasteiger partial charge in [-0.2, -0.15) is 5.10 Å². The Morgan fingerprint density at radius 3 is 2.78 bits per heavy atom. The van der Waals surface area contributed by atoms with Crippen LogP contribution in [0.15, 0.2) is 18.5 Å². The lowest BCUT2D eigenvalue weighted by molar-refractivity contribution is 0.444. The summed E-state index contributed by atoms with van der Waals surface area (Å²) in [5.74, 6) is -0.549. The van der Waals surface area contributed by atoms with Crippen molar-refractivity contribution in [3.63, 3.8) is 0 Å². The van der Waals surface area contributed by atoms with E-state index in [2.05, 4.69) is 5.10 Å². The van der Waals surface area contributed by atoms with Crippen molar-refractivity contribution in [1.29, 1.82) is 0 Å². The number of nitrogens with two attached hydrogens (primary N) is 2. The van der Waals surface area contributed by atoms with Crippen LogP contribution in [0.25, 0.3) is 0 Å². The second kappa shape index (κ2) is 4.73. The van der Waals surface area contributed by atoms with Gasteiger partial charge in [-0.05, 0) is 13.0 Å². The van der Waals surface area contributed by atoms with Crippen molar-refractivity contribution in [3.05, 3.63) is 29.3 Å². The molecule has 0 saturated carbocycles. The van der Waals surface area contributed by atoms with Crippen LogP contribution in [0, 0.1) is 5.82 Å². The van der Waals surface area contributed by atoms with Gasteiger partial charge in [-0.1, -0.05) is 11.6 Å². The number of nitrogens with zero attached hydrogens (tertiary/aromatic N) is 2. The van der Waals surface area contributed by atoms with E-state index in [0.717, 1.165) is 0 Å². The smallest absolute Gasteiger partial charge is 0.188 e. The van der Waals surface area contributed by atoms with Crippen molar-refractivity contribution in [2.24, 2.45) is 0 Å². The Hall–Kier alpha value is -1.95. The molecule has 18 heavy (non-hydrogen) atoms. The van der Waals surface area contributed by atoms with Gasteiger partial charge in [-0.15, -0.1) is 0 Å². The van der Waals surface area contributed by atoms with Crippen LogP contribution in [0.5, 0.6) is 11.5 Å². The van der Waals surface area contributed by atoms with Gasteiger partial charge in [-0.3, -0.25) is 4.68 Å². The maximum absolute atomic E-state index is 13.9. The van der Waals surface area contributed by atoms with Crippen molar-refractivity contribution in [2.45, 2.75) is 13.5 Å². The molecule has 1 aromatic carbocycles. The van der Waals surface area contributed by atoms with E-state index in [1.54, 1.807) is 10.9 Å². The van der Waals surface area contributed by atoms with Crippen LogP contribution in [0.4, 0.5) is 15.8 Å². The number of nitrogen functional groups attached to an aromatic ring is 2. The zero-order chi connectivity index (χ0) is 13.3. The highest BCUT2D eigenvalue weighted by molar-refractivity contribution is 6.33. The lowest BCUT2D eigenvalue weighted by atomic mass is 10.2. The minimum absolute atomic E-state index is 0.0725. The van der Waals surface area contributed by atoms with Gasteiger partial charge in [0, 0.05) is 6.54 Å². The van der Waals surface area contributed by atoms with Gasteiger partial charge in [0.15, 0.2) is 17.3 Å². The molecular formula is C11H12ClFN4O. The van der Waals surface area contributed by atoms with Gasteiger partial charge in [0.2, 0.25) is 0 Å². The maximum atomic E-state index is 13.9. The Bertz CT molecular complexity index is 585. The maximum Gasteiger partial charge on any atom is 0.188 e. The van der Waals surface area contributed by atoms with E-state index in [-0.39, 0.29) is 22.1 Å². The first kappa shape index (κ1) is 12.5. The van der Waals surface area contributed by atoms with Gasteiger partial charge in [0.05, 0.1) is 23.8 Å². The van der Waals surface area contributed by atoms with Gasteiger partial charge >= 0.3 is 0 Å². The van der Waals surface area contributed by atoms with E-state index in [0.29, 0.717) is 12.3 Å². The Kier molecular flexibility index (Phi) is 3.29. The third-order valence-corrected chi connectivity index (χ3v) is 2.76. The summed E-state index contributed by atoms with van der Waals surface area (Å²) in [5, 5.41) is 3.79. The molecule has 0 saturated heterocycles. The fourth-order valence-electron chi connectivity index (χ4n) is 1.44. The predicted molar refractivity (Wildman–Crippen MR) is 68.2 cm³/mol. The number of aryl methyl sites for hydroxylation is 1. The quantitative estimate of drug-likeness (QED) is 0.841. The van der Waals surface area contributed by atoms with Crippen molar-refractivity contribution in [3.8, 4) is 11.5 Å². The summed E-state index contributed by atoms with van der Waals surface area (Å²) in [7, 11) is 0. The molecule has 0 aliphatic heterocycles. The molecule has 0 radical (unpaired) electrons. The minimum Gasteiger partial charge on any atom is -0.449 e. The van der Waals surface area contributed by atoms with Gasteiger partial charge in [0.25, 0.3) is 0 Å². The highest BCUT2D eigenvalue weighted by Gasteiger charge is 2.16. The van der Waals surface area contributed by atoms with Gasteiger partial charge in [-0.25, -0.2) is 4.39 Å². The molecule has 0 unspecified atom stereocenters. The van der Waals surface area contributed by atoms with E-state index in [9.17, 15) is 4.39 Å². The molecule has 2 aromatic rings. The number of anilines is 2. The molecule has 5 nitrogen and oxygen atoms in total. The highest BCUT2D eigenvalue weighted by Crippen LogP contribution is 2.37. The van der Waals surface area contributed by atoms with Crippen LogP contribution in [-0.2, 0) is 6.54 Å². The number of halogens is 2. The largest absolute Gasteiger partial charge is 0.449 e. The average Bonchev–Trinajstić information content (AvgIpc) is 2.80. The summed E-state index contributed by atoms with van der Waals surface area (Å²) in [6.45, 7) is 2.61. The van der Waals surface area contributed by atoms with Gasteiger partial charge in [0.1, 0.15) is 5.02 Å². The van der Waals surface area contributed by atoms with Gasteiger partial charge < -0.3 is 16.2 Å². The second-order valence-electron chi connectivity index (χ2n) is 3.65. The molecule has 0 aliphatic rings. The van der Waals surface area contributed by atoms with E-state index < -0.39 is 5.82 Å². The van der Waals surface area contributed by atoms with Crippen LogP contribution in [0.2, 0.25) is 5.02 Å². The molecule has 7 heteroatoms. The molecule has 0 spiro atoms. The SMILES string of the molecule is CCn1cc(Oc2c(N)cc(N)c(Cl)c2F)cn1. The first-order valence-corrected chi connectivity index (χ1v) is 5.64. The van der Waals surface area contributed by atoms with E-state index in [1.807, 2.05) is 6.92 Å². The number of hydrogen-bond donors (Lipinski definition) is 2. The Morgan fingerprint density at radius 1 is 1.44 bits per heavy atom. The number of hydrogen-bond acceptors (Lipinski definition) is 4. The predicted octanol–water partition coefficient (Wildman–Crippen LogP) is 2.65. The van der Waals surface area contributed by atoms with Crippen LogP contribution in [-0.4, -0.2) is 9.78 Å². The molecule has 1 aromatic heterocycles. The monoisotopic (exact) mass is 270 g/mol. The lowest BCUT2D eigenvalue weighted by Crippen LogP contribution is -1.99. The van der Waals surface area contributed by atoms with Crippen LogP contribution in [0.1, 0.15) is 6.92 Å². The number of aromatic nitrogens is 2. The summed E-state index contributed by atoms with van der Waals surface area (Å²) in [4.78, 5) is 0. The summed E-state index contributed by atoms with van der Waals surface area (Å²) >= 11 is 5.70. The van der Waals surface area contributed by atoms with Crippen LogP contribution in [0.3, 0.4) is 0 Å². The first-order valence-electron chi connectivity index (χ1n) is 5.26. The summed E-state index contributed by atoms with van der Waals surface area (Å²) in [6.07, 6.45) is 3.09. The normalized spacial score (nSPS) is 10.6. The Balaban J connectivity index is 2.37. The summed E-state index contributed by atoms with van der Waals surface area (Å²) < 4.78 is 20.8. The average molecular weight is 271 g/mol.